The Bertz CT molecular complexity index is 625. The molecule has 0 aromatic heterocycles. The van der Waals surface area contributed by atoms with Crippen LogP contribution >= 0.6 is 0 Å². The third-order valence-corrected chi connectivity index (χ3v) is 5.69. The largest absolute Gasteiger partial charge is 0.496 e. The van der Waals surface area contributed by atoms with Gasteiger partial charge in [0.1, 0.15) is 5.75 Å². The highest BCUT2D eigenvalue weighted by Gasteiger charge is 2.34. The van der Waals surface area contributed by atoms with Crippen molar-refractivity contribution < 1.29 is 14.3 Å². The van der Waals surface area contributed by atoms with E-state index in [0.29, 0.717) is 32.0 Å². The standard InChI is InChI=1S/C21H30N2O3/c1-26-19-11-5-2-7-16(19)8-6-14-22-21(25)17-12-13-20(24)23(15-17)18-9-3-4-10-18/h2,5,7,11,17-18H,3-4,6,8-10,12-15H2,1H3,(H,22,25). The molecule has 2 aliphatic rings. The van der Waals surface area contributed by atoms with Gasteiger partial charge in [-0.25, -0.2) is 0 Å². The topological polar surface area (TPSA) is 58.6 Å². The number of carbonyl (C=O) groups is 2. The number of rotatable bonds is 7. The molecular weight excluding hydrogens is 328 g/mol. The second kappa shape index (κ2) is 9.06. The van der Waals surface area contributed by atoms with Crippen LogP contribution in [-0.4, -0.2) is 43.0 Å². The molecule has 0 radical (unpaired) electrons. The first-order valence-corrected chi connectivity index (χ1v) is 9.88. The molecule has 142 valence electrons. The number of benzene rings is 1. The first kappa shape index (κ1) is 18.7. The van der Waals surface area contributed by atoms with E-state index in [9.17, 15) is 9.59 Å². The molecule has 1 aromatic carbocycles. The van der Waals surface area contributed by atoms with Gasteiger partial charge in [-0.1, -0.05) is 31.0 Å². The molecular formula is C21H30N2O3. The molecule has 2 amide bonds. The van der Waals surface area contributed by atoms with Gasteiger partial charge in [-0.05, 0) is 43.7 Å². The Kier molecular flexibility index (Phi) is 6.53. The maximum absolute atomic E-state index is 12.5. The predicted octanol–water partition coefficient (Wildman–Crippen LogP) is 2.93. The van der Waals surface area contributed by atoms with Gasteiger partial charge in [0.15, 0.2) is 0 Å². The number of aryl methyl sites for hydroxylation is 1. The van der Waals surface area contributed by atoms with Crippen molar-refractivity contribution in [3.63, 3.8) is 0 Å². The quantitative estimate of drug-likeness (QED) is 0.763. The van der Waals surface area contributed by atoms with Crippen LogP contribution in [-0.2, 0) is 16.0 Å². The molecule has 5 heteroatoms. The monoisotopic (exact) mass is 358 g/mol. The van der Waals surface area contributed by atoms with Crippen LogP contribution in [0.15, 0.2) is 24.3 Å². The molecule has 3 rings (SSSR count). The van der Waals surface area contributed by atoms with Gasteiger partial charge in [-0.3, -0.25) is 9.59 Å². The van der Waals surface area contributed by atoms with Crippen molar-refractivity contribution >= 4 is 11.8 Å². The van der Waals surface area contributed by atoms with Gasteiger partial charge in [-0.2, -0.15) is 0 Å². The predicted molar refractivity (Wildman–Crippen MR) is 101 cm³/mol. The minimum absolute atomic E-state index is 0.0560. The van der Waals surface area contributed by atoms with Gasteiger partial charge in [0.25, 0.3) is 0 Å². The van der Waals surface area contributed by atoms with Crippen LogP contribution in [0.25, 0.3) is 0 Å². The summed E-state index contributed by atoms with van der Waals surface area (Å²) in [5.41, 5.74) is 1.17. The lowest BCUT2D eigenvalue weighted by molar-refractivity contribution is -0.140. The van der Waals surface area contributed by atoms with Gasteiger partial charge >= 0.3 is 0 Å². The van der Waals surface area contributed by atoms with E-state index in [1.807, 2.05) is 23.1 Å². The smallest absolute Gasteiger partial charge is 0.224 e. The lowest BCUT2D eigenvalue weighted by Crippen LogP contribution is -2.49. The Morgan fingerprint density at radius 1 is 1.23 bits per heavy atom. The highest BCUT2D eigenvalue weighted by atomic mass is 16.5. The number of piperidine rings is 1. The average molecular weight is 358 g/mol. The molecule has 1 aromatic rings. The van der Waals surface area contributed by atoms with Gasteiger partial charge in [-0.15, -0.1) is 0 Å². The van der Waals surface area contributed by atoms with Crippen molar-refractivity contribution in [1.82, 2.24) is 10.2 Å². The third kappa shape index (κ3) is 4.57. The van der Waals surface area contributed by atoms with Crippen molar-refractivity contribution in [2.45, 2.75) is 57.4 Å². The summed E-state index contributed by atoms with van der Waals surface area (Å²) in [7, 11) is 1.68. The zero-order chi connectivity index (χ0) is 18.4. The SMILES string of the molecule is COc1ccccc1CCCNC(=O)C1CCC(=O)N(C2CCCC2)C1. The van der Waals surface area contributed by atoms with Crippen molar-refractivity contribution in [1.29, 1.82) is 0 Å². The fourth-order valence-corrected chi connectivity index (χ4v) is 4.20. The van der Waals surface area contributed by atoms with Gasteiger partial charge in [0.2, 0.25) is 11.8 Å². The summed E-state index contributed by atoms with van der Waals surface area (Å²) in [6.07, 6.45) is 7.54. The van der Waals surface area contributed by atoms with Crippen LogP contribution < -0.4 is 10.1 Å². The summed E-state index contributed by atoms with van der Waals surface area (Å²) >= 11 is 0. The Hall–Kier alpha value is -2.04. The number of carbonyl (C=O) groups excluding carboxylic acids is 2. The van der Waals surface area contributed by atoms with Crippen LogP contribution in [0, 0.1) is 5.92 Å². The van der Waals surface area contributed by atoms with Gasteiger partial charge in [0.05, 0.1) is 13.0 Å². The Balaban J connectivity index is 1.43. The minimum atomic E-state index is -0.0560. The zero-order valence-electron chi connectivity index (χ0n) is 15.7. The Morgan fingerprint density at radius 2 is 2.00 bits per heavy atom. The second-order valence-electron chi connectivity index (χ2n) is 7.43. The number of likely N-dealkylation sites (tertiary alicyclic amines) is 1. The molecule has 1 aliphatic heterocycles. The molecule has 1 saturated heterocycles. The molecule has 1 aliphatic carbocycles. The fourth-order valence-electron chi connectivity index (χ4n) is 4.20. The highest BCUT2D eigenvalue weighted by Crippen LogP contribution is 2.28. The summed E-state index contributed by atoms with van der Waals surface area (Å²) < 4.78 is 5.36. The maximum Gasteiger partial charge on any atom is 0.224 e. The van der Waals surface area contributed by atoms with Crippen molar-refractivity contribution in [2.24, 2.45) is 5.92 Å². The summed E-state index contributed by atoms with van der Waals surface area (Å²) in [6.45, 7) is 1.26. The first-order valence-electron chi connectivity index (χ1n) is 9.88. The molecule has 5 nitrogen and oxygen atoms in total. The van der Waals surface area contributed by atoms with E-state index in [-0.39, 0.29) is 17.7 Å². The number of ether oxygens (including phenoxy) is 1. The van der Waals surface area contributed by atoms with Crippen LogP contribution in [0.5, 0.6) is 5.75 Å². The summed E-state index contributed by atoms with van der Waals surface area (Å²) in [5, 5.41) is 3.07. The molecule has 1 heterocycles. The zero-order valence-corrected chi connectivity index (χ0v) is 15.7. The molecule has 2 fully saturated rings. The van der Waals surface area contributed by atoms with Crippen molar-refractivity contribution in [3.05, 3.63) is 29.8 Å². The first-order chi connectivity index (χ1) is 12.7. The Labute approximate surface area is 156 Å². The average Bonchev–Trinajstić information content (AvgIpc) is 3.20. The van der Waals surface area contributed by atoms with E-state index in [0.717, 1.165) is 31.4 Å². The normalized spacial score (nSPS) is 21.0. The number of hydrogen-bond acceptors (Lipinski definition) is 3. The molecule has 1 saturated carbocycles. The second-order valence-corrected chi connectivity index (χ2v) is 7.43. The maximum atomic E-state index is 12.5. The van der Waals surface area contributed by atoms with Crippen molar-refractivity contribution in [3.8, 4) is 5.75 Å². The fraction of sp³-hybridized carbons (Fsp3) is 0.619. The molecule has 1 N–H and O–H groups in total. The van der Waals surface area contributed by atoms with E-state index in [1.165, 1.54) is 18.4 Å². The van der Waals surface area contributed by atoms with Gasteiger partial charge in [0, 0.05) is 25.6 Å². The minimum Gasteiger partial charge on any atom is -0.496 e. The lowest BCUT2D eigenvalue weighted by Gasteiger charge is -2.36. The summed E-state index contributed by atoms with van der Waals surface area (Å²) in [6, 6.07) is 8.36. The molecule has 0 bridgehead atoms. The van der Waals surface area contributed by atoms with Crippen LogP contribution in [0.2, 0.25) is 0 Å². The van der Waals surface area contributed by atoms with E-state index < -0.39 is 0 Å². The number of amides is 2. The molecule has 26 heavy (non-hydrogen) atoms. The van der Waals surface area contributed by atoms with E-state index in [4.69, 9.17) is 4.74 Å². The number of nitrogens with one attached hydrogen (secondary N) is 1. The van der Waals surface area contributed by atoms with E-state index in [2.05, 4.69) is 11.4 Å². The third-order valence-electron chi connectivity index (χ3n) is 5.69. The summed E-state index contributed by atoms with van der Waals surface area (Å²) in [4.78, 5) is 26.7. The van der Waals surface area contributed by atoms with E-state index >= 15 is 0 Å². The lowest BCUT2D eigenvalue weighted by atomic mass is 9.95. The van der Waals surface area contributed by atoms with Crippen LogP contribution in [0.1, 0.15) is 50.5 Å². The molecule has 1 unspecified atom stereocenters. The number of nitrogens with zero attached hydrogens (tertiary/aromatic N) is 1. The van der Waals surface area contributed by atoms with Crippen molar-refractivity contribution in [2.75, 3.05) is 20.2 Å². The van der Waals surface area contributed by atoms with Crippen LogP contribution in [0.4, 0.5) is 0 Å². The summed E-state index contributed by atoms with van der Waals surface area (Å²) in [5.74, 6) is 1.18. The Morgan fingerprint density at radius 3 is 2.77 bits per heavy atom. The van der Waals surface area contributed by atoms with E-state index in [1.54, 1.807) is 7.11 Å². The highest BCUT2D eigenvalue weighted by molar-refractivity contribution is 5.84. The molecule has 1 atom stereocenters. The van der Waals surface area contributed by atoms with Crippen LogP contribution in [0.3, 0.4) is 0 Å². The number of methoxy groups -OCH3 is 1. The van der Waals surface area contributed by atoms with Gasteiger partial charge < -0.3 is 15.0 Å². The molecule has 0 spiro atoms. The number of hydrogen-bond donors (Lipinski definition) is 1. The number of para-hydroxylation sites is 1.